The van der Waals surface area contributed by atoms with Gasteiger partial charge in [-0.3, -0.25) is 38.4 Å². The molecule has 1 aromatic rings. The van der Waals surface area contributed by atoms with E-state index in [1.807, 2.05) is 0 Å². The van der Waals surface area contributed by atoms with Gasteiger partial charge in [0.2, 0.25) is 47.3 Å². The fourth-order valence-corrected chi connectivity index (χ4v) is 9.79. The Labute approximate surface area is 436 Å². The highest BCUT2D eigenvalue weighted by atomic mass is 16.3. The molecule has 1 aromatic carbocycles. The number of carbonyl (C=O) groups is 8. The molecule has 0 aliphatic carbocycles. The Morgan fingerprint density at radius 3 is 1.95 bits per heavy atom. The number of nitrogens with zero attached hydrogens (tertiary/aromatic N) is 2. The number of nitrogens with two attached hydrogens (primary N) is 1. The molecule has 0 bridgehead atoms. The minimum absolute atomic E-state index is 0.0795. The predicted octanol–water partition coefficient (Wildman–Crippen LogP) is -3.34. The number of fused-ring (bicyclic) bond motifs is 2. The number of primary amides is 1. The van der Waals surface area contributed by atoms with Crippen LogP contribution in [0.3, 0.4) is 0 Å². The molecule has 4 rings (SSSR count). The second-order valence-electron chi connectivity index (χ2n) is 20.6. The molecule has 3 heterocycles. The normalized spacial score (nSPS) is 29.0. The molecule has 3 fully saturated rings. The lowest BCUT2D eigenvalue weighted by Gasteiger charge is -2.34. The zero-order valence-corrected chi connectivity index (χ0v) is 43.1. The molecule has 0 saturated carbocycles. The summed E-state index contributed by atoms with van der Waals surface area (Å²) in [5.74, 6) is -8.59. The van der Waals surface area contributed by atoms with Crippen molar-refractivity contribution in [1.82, 2.24) is 36.4 Å². The second-order valence-corrected chi connectivity index (χ2v) is 20.6. The Bertz CT molecular complexity index is 2100. The lowest BCUT2D eigenvalue weighted by atomic mass is 9.91. The fourth-order valence-electron chi connectivity index (χ4n) is 9.79. The molecule has 0 spiro atoms. The molecule has 3 aliphatic rings. The summed E-state index contributed by atoms with van der Waals surface area (Å²) in [6.07, 6.45) is -10.2. The quantitative estimate of drug-likeness (QED) is 0.0568. The Balaban J connectivity index is 1.69. The molecule has 16 N–H and O–H groups in total. The van der Waals surface area contributed by atoms with E-state index in [0.717, 1.165) is 74.6 Å². The van der Waals surface area contributed by atoms with Crippen LogP contribution in [0.1, 0.15) is 129 Å². The third kappa shape index (κ3) is 17.8. The fraction of sp³-hybridized carbons (Fsp3) is 0.720. The van der Waals surface area contributed by atoms with Crippen molar-refractivity contribution in [3.05, 3.63) is 29.8 Å². The van der Waals surface area contributed by atoms with E-state index in [1.54, 1.807) is 0 Å². The van der Waals surface area contributed by atoms with E-state index in [2.05, 4.69) is 47.4 Å². The highest BCUT2D eigenvalue weighted by Gasteiger charge is 2.49. The van der Waals surface area contributed by atoms with E-state index in [4.69, 9.17) is 5.73 Å². The standard InChI is InChI=1S/C50H80N8O17/c1-5-25(2)20-26(3)12-10-8-6-7-9-11-13-37(66)52-31-22-35(64)46(71)56-48(73)41-33(62)18-19-57(41)50(75)39(34(63)23-36(51)65)54-47(72)40(43(68)42(67)28-14-16-29(60)17-15-28)55-45(70)32-21-30(61)24-58(32)49(74)38(27(4)59)53-44(31)69/h14-17,25-27,30-35,38-43,46,59-64,67-68,71H,5-13,18-24H2,1-4H3,(H2,51,65)(H,52,66)(H,53,69)(H,54,72)(H,55,70)(H,56,73)/t25?,26?,27-,30-,31+,32+,33+,34-,35-,38+,39+,40+,41+,42+,43+,46-/m1/s1. The Kier molecular flexibility index (Phi) is 24.1. The van der Waals surface area contributed by atoms with Gasteiger partial charge in [-0.25, -0.2) is 0 Å². The molecule has 8 amide bonds. The average Bonchev–Trinajstić information content (AvgIpc) is 3.95. The molecule has 75 heavy (non-hydrogen) atoms. The molecular formula is C50H80N8O17. The molecule has 2 unspecified atom stereocenters. The van der Waals surface area contributed by atoms with E-state index in [9.17, 15) is 84.3 Å². The second kappa shape index (κ2) is 29.1. The first kappa shape index (κ1) is 62.0. The molecule has 422 valence electrons. The number of phenolic OH excluding ortho intramolecular Hbond substituents is 1. The van der Waals surface area contributed by atoms with Crippen LogP contribution in [0.15, 0.2) is 24.3 Å². The summed E-state index contributed by atoms with van der Waals surface area (Å²) in [5, 5.41) is 110. The third-order valence-corrected chi connectivity index (χ3v) is 14.3. The van der Waals surface area contributed by atoms with Gasteiger partial charge in [0.15, 0.2) is 6.23 Å². The molecule has 3 saturated heterocycles. The Hall–Kier alpha value is -5.54. The lowest BCUT2D eigenvalue weighted by molar-refractivity contribution is -0.149. The van der Waals surface area contributed by atoms with Crippen molar-refractivity contribution < 1.29 is 84.3 Å². The first-order chi connectivity index (χ1) is 35.3. The Morgan fingerprint density at radius 1 is 0.720 bits per heavy atom. The van der Waals surface area contributed by atoms with E-state index in [1.165, 1.54) is 6.42 Å². The van der Waals surface area contributed by atoms with Crippen LogP contribution >= 0.6 is 0 Å². The lowest BCUT2D eigenvalue weighted by Crippen LogP contribution is -2.64. The number of rotatable bonds is 20. The molecule has 0 aromatic heterocycles. The van der Waals surface area contributed by atoms with Crippen molar-refractivity contribution in [2.45, 2.75) is 203 Å². The molecule has 25 nitrogen and oxygen atoms in total. The third-order valence-electron chi connectivity index (χ3n) is 14.3. The number of aromatic hydroxyl groups is 1. The number of hydrogen-bond donors (Lipinski definition) is 15. The first-order valence-corrected chi connectivity index (χ1v) is 26.0. The number of benzene rings is 1. The summed E-state index contributed by atoms with van der Waals surface area (Å²) >= 11 is 0. The van der Waals surface area contributed by atoms with Crippen LogP contribution < -0.4 is 32.3 Å². The van der Waals surface area contributed by atoms with Gasteiger partial charge in [0.25, 0.3) is 0 Å². The zero-order chi connectivity index (χ0) is 55.8. The van der Waals surface area contributed by atoms with Gasteiger partial charge in [0, 0.05) is 32.4 Å². The molecule has 0 radical (unpaired) electrons. The van der Waals surface area contributed by atoms with Crippen molar-refractivity contribution in [2.75, 3.05) is 13.1 Å². The largest absolute Gasteiger partial charge is 0.508 e. The van der Waals surface area contributed by atoms with Gasteiger partial charge < -0.3 is 88.1 Å². The highest BCUT2D eigenvalue weighted by Crippen LogP contribution is 2.27. The van der Waals surface area contributed by atoms with Gasteiger partial charge in [-0.05, 0) is 55.7 Å². The minimum Gasteiger partial charge on any atom is -0.508 e. The van der Waals surface area contributed by atoms with Crippen molar-refractivity contribution in [3.8, 4) is 5.75 Å². The molecule has 25 heteroatoms. The van der Waals surface area contributed by atoms with E-state index >= 15 is 0 Å². The van der Waals surface area contributed by atoms with Crippen LogP contribution in [0.4, 0.5) is 0 Å². The number of carbonyl (C=O) groups excluding carboxylic acids is 8. The Morgan fingerprint density at radius 2 is 1.32 bits per heavy atom. The topological polar surface area (TPSA) is 411 Å². The van der Waals surface area contributed by atoms with Gasteiger partial charge in [0.05, 0.1) is 30.8 Å². The monoisotopic (exact) mass is 1060 g/mol. The molecule has 16 atom stereocenters. The summed E-state index contributed by atoms with van der Waals surface area (Å²) in [7, 11) is 0. The summed E-state index contributed by atoms with van der Waals surface area (Å²) in [6, 6.07) is -7.37. The number of phenols is 1. The van der Waals surface area contributed by atoms with E-state index < -0.39 is 165 Å². The maximum absolute atomic E-state index is 14.4. The number of aliphatic hydroxyl groups is 8. The number of hydrogen-bond acceptors (Lipinski definition) is 17. The van der Waals surface area contributed by atoms with E-state index in [0.29, 0.717) is 29.6 Å². The van der Waals surface area contributed by atoms with E-state index in [-0.39, 0.29) is 24.2 Å². The summed E-state index contributed by atoms with van der Waals surface area (Å²) < 4.78 is 0. The average molecular weight is 1070 g/mol. The number of unbranched alkanes of at least 4 members (excludes halogenated alkanes) is 5. The summed E-state index contributed by atoms with van der Waals surface area (Å²) in [5.41, 5.74) is 5.21. The van der Waals surface area contributed by atoms with Crippen molar-refractivity contribution in [1.29, 1.82) is 0 Å². The van der Waals surface area contributed by atoms with Gasteiger partial charge in [-0.15, -0.1) is 0 Å². The van der Waals surface area contributed by atoms with Crippen LogP contribution in [-0.4, -0.2) is 195 Å². The highest BCUT2D eigenvalue weighted by molar-refractivity contribution is 5.98. The summed E-state index contributed by atoms with van der Waals surface area (Å²) in [4.78, 5) is 112. The maximum Gasteiger partial charge on any atom is 0.248 e. The smallest absolute Gasteiger partial charge is 0.248 e. The number of nitrogens with one attached hydrogen (secondary N) is 5. The SMILES string of the molecule is CCC(C)CC(C)CCCCCCCCC(=O)N[C@H]1C[C@@H](O)[C@@H](O)NC(=O)[C@@H]2[C@@H](O)CCN2C(=O)[C@H]([C@H](O)CC(N)=O)NC(=O)[C@H]([C@H](O)[C@@H](O)c2ccc(O)cc2)NC(=O)[C@@H]2C[C@@H](O)CN2C(=O)[C@H]([C@@H](C)O)NC1=O. The zero-order valence-electron chi connectivity index (χ0n) is 43.1. The number of amides is 8. The van der Waals surface area contributed by atoms with Crippen LogP contribution in [0.5, 0.6) is 5.75 Å². The maximum atomic E-state index is 14.4. The van der Waals surface area contributed by atoms with Crippen LogP contribution in [0, 0.1) is 11.8 Å². The summed E-state index contributed by atoms with van der Waals surface area (Å²) in [6.45, 7) is 6.76. The number of aliphatic hydroxyl groups excluding tert-OH is 8. The van der Waals surface area contributed by atoms with Crippen molar-refractivity contribution in [2.24, 2.45) is 17.6 Å². The van der Waals surface area contributed by atoms with Gasteiger partial charge in [-0.1, -0.05) is 77.8 Å². The van der Waals surface area contributed by atoms with Crippen molar-refractivity contribution >= 4 is 47.3 Å². The van der Waals surface area contributed by atoms with Crippen LogP contribution in [-0.2, 0) is 38.4 Å². The van der Waals surface area contributed by atoms with Gasteiger partial charge in [-0.2, -0.15) is 0 Å². The van der Waals surface area contributed by atoms with Crippen LogP contribution in [0.25, 0.3) is 0 Å². The molecule has 3 aliphatic heterocycles. The van der Waals surface area contributed by atoms with Crippen LogP contribution in [0.2, 0.25) is 0 Å². The molecular weight excluding hydrogens is 985 g/mol. The van der Waals surface area contributed by atoms with Gasteiger partial charge >= 0.3 is 0 Å². The van der Waals surface area contributed by atoms with Crippen molar-refractivity contribution in [3.63, 3.8) is 0 Å². The minimum atomic E-state index is -2.36. The first-order valence-electron chi connectivity index (χ1n) is 26.0. The van der Waals surface area contributed by atoms with Gasteiger partial charge in [0.1, 0.15) is 60.3 Å². The predicted molar refractivity (Wildman–Crippen MR) is 265 cm³/mol.